The Hall–Kier alpha value is -1.17. The summed E-state index contributed by atoms with van der Waals surface area (Å²) in [4.78, 5) is 0. The summed E-state index contributed by atoms with van der Waals surface area (Å²) in [5.41, 5.74) is 0.884. The van der Waals surface area contributed by atoms with Gasteiger partial charge < -0.3 is 10.1 Å². The molecule has 2 rings (SSSR count). The second-order valence-corrected chi connectivity index (χ2v) is 5.52. The minimum Gasteiger partial charge on any atom is -0.496 e. The number of methoxy groups -OCH3 is 1. The molecule has 102 valence electrons. The minimum absolute atomic E-state index is 0.664. The van der Waals surface area contributed by atoms with Crippen LogP contribution in [0.2, 0.25) is 5.02 Å². The third kappa shape index (κ3) is 3.65. The molecule has 4 nitrogen and oxygen atoms in total. The summed E-state index contributed by atoms with van der Waals surface area (Å²) < 4.78 is 5.33. The van der Waals surface area contributed by atoms with Crippen LogP contribution in [0.25, 0.3) is 10.6 Å². The van der Waals surface area contributed by atoms with Gasteiger partial charge in [0.25, 0.3) is 0 Å². The predicted molar refractivity (Wildman–Crippen MR) is 78.9 cm³/mol. The molecule has 0 amide bonds. The van der Waals surface area contributed by atoms with Gasteiger partial charge in [0, 0.05) is 11.6 Å². The lowest BCUT2D eigenvalue weighted by atomic mass is 10.2. The summed E-state index contributed by atoms with van der Waals surface area (Å²) in [6.45, 7) is 3.86. The summed E-state index contributed by atoms with van der Waals surface area (Å²) in [6, 6.07) is 5.49. The maximum absolute atomic E-state index is 6.02. The third-order valence-corrected chi connectivity index (χ3v) is 3.75. The molecule has 0 aliphatic heterocycles. The van der Waals surface area contributed by atoms with E-state index in [1.165, 1.54) is 0 Å². The van der Waals surface area contributed by atoms with Crippen molar-refractivity contribution in [2.45, 2.75) is 19.9 Å². The number of rotatable bonds is 6. The van der Waals surface area contributed by atoms with Crippen molar-refractivity contribution in [1.29, 1.82) is 0 Å². The van der Waals surface area contributed by atoms with Crippen LogP contribution < -0.4 is 10.1 Å². The number of hydrogen-bond acceptors (Lipinski definition) is 5. The van der Waals surface area contributed by atoms with Crippen LogP contribution in [0.5, 0.6) is 5.75 Å². The van der Waals surface area contributed by atoms with Crippen LogP contribution in [0.15, 0.2) is 18.2 Å². The van der Waals surface area contributed by atoms with E-state index in [9.17, 15) is 0 Å². The summed E-state index contributed by atoms with van der Waals surface area (Å²) in [5.74, 6) is 0.758. The van der Waals surface area contributed by atoms with Crippen molar-refractivity contribution >= 4 is 22.9 Å². The smallest absolute Gasteiger partial charge is 0.151 e. The first-order chi connectivity index (χ1) is 9.24. The van der Waals surface area contributed by atoms with Crippen LogP contribution in [0, 0.1) is 0 Å². The average Bonchev–Trinajstić information content (AvgIpc) is 2.88. The molecule has 1 aromatic carbocycles. The standard InChI is InChI=1S/C13H16ClN3OS/c1-3-6-15-8-12-16-17-13(19-12)10-7-9(14)4-5-11(10)18-2/h4-5,7,15H,3,6,8H2,1-2H3. The Morgan fingerprint density at radius 1 is 1.37 bits per heavy atom. The molecule has 6 heteroatoms. The second-order valence-electron chi connectivity index (χ2n) is 4.02. The fourth-order valence-corrected chi connectivity index (χ4v) is 2.66. The van der Waals surface area contributed by atoms with Crippen LogP contribution in [-0.2, 0) is 6.54 Å². The van der Waals surface area contributed by atoms with Crippen molar-refractivity contribution < 1.29 is 4.74 Å². The minimum atomic E-state index is 0.664. The first kappa shape index (κ1) is 14.2. The molecule has 0 unspecified atom stereocenters. The van der Waals surface area contributed by atoms with E-state index in [1.807, 2.05) is 12.1 Å². The Bertz CT molecular complexity index is 544. The molecular formula is C13H16ClN3OS. The largest absolute Gasteiger partial charge is 0.496 e. The number of benzene rings is 1. The molecular weight excluding hydrogens is 282 g/mol. The first-order valence-electron chi connectivity index (χ1n) is 6.11. The number of halogens is 1. The molecule has 0 saturated heterocycles. The van der Waals surface area contributed by atoms with Crippen LogP contribution in [0.4, 0.5) is 0 Å². The molecule has 0 bridgehead atoms. The van der Waals surface area contributed by atoms with Crippen molar-refractivity contribution in [1.82, 2.24) is 15.5 Å². The summed E-state index contributed by atoms with van der Waals surface area (Å²) >= 11 is 7.57. The van der Waals surface area contributed by atoms with E-state index >= 15 is 0 Å². The molecule has 1 heterocycles. The molecule has 0 atom stereocenters. The number of nitrogens with one attached hydrogen (secondary N) is 1. The summed E-state index contributed by atoms with van der Waals surface area (Å²) in [6.07, 6.45) is 1.10. The van der Waals surface area contributed by atoms with E-state index in [4.69, 9.17) is 16.3 Å². The van der Waals surface area contributed by atoms with Gasteiger partial charge in [-0.25, -0.2) is 0 Å². The third-order valence-electron chi connectivity index (χ3n) is 2.56. The molecule has 2 aromatic rings. The Morgan fingerprint density at radius 2 is 2.21 bits per heavy atom. The maximum Gasteiger partial charge on any atom is 0.151 e. The highest BCUT2D eigenvalue weighted by molar-refractivity contribution is 7.14. The van der Waals surface area contributed by atoms with Gasteiger partial charge in [-0.05, 0) is 31.2 Å². The average molecular weight is 298 g/mol. The highest BCUT2D eigenvalue weighted by Gasteiger charge is 2.12. The molecule has 1 aromatic heterocycles. The number of aromatic nitrogens is 2. The maximum atomic E-state index is 6.02. The van der Waals surface area contributed by atoms with Crippen LogP contribution >= 0.6 is 22.9 Å². The Labute approximate surface area is 121 Å². The van der Waals surface area contributed by atoms with Crippen LogP contribution in [0.3, 0.4) is 0 Å². The van der Waals surface area contributed by atoms with Crippen LogP contribution in [-0.4, -0.2) is 23.9 Å². The second kappa shape index (κ2) is 6.84. The summed E-state index contributed by atoms with van der Waals surface area (Å²) in [7, 11) is 1.64. The lowest BCUT2D eigenvalue weighted by Crippen LogP contribution is -2.13. The Balaban J connectivity index is 2.20. The van der Waals surface area contributed by atoms with E-state index in [0.29, 0.717) is 5.02 Å². The zero-order valence-electron chi connectivity index (χ0n) is 10.9. The fourth-order valence-electron chi connectivity index (χ4n) is 1.65. The number of hydrogen-bond donors (Lipinski definition) is 1. The molecule has 0 spiro atoms. The van der Waals surface area contributed by atoms with Crippen molar-refractivity contribution in [3.8, 4) is 16.3 Å². The lowest BCUT2D eigenvalue weighted by Gasteiger charge is -2.05. The van der Waals surface area contributed by atoms with E-state index in [1.54, 1.807) is 24.5 Å². The fraction of sp³-hybridized carbons (Fsp3) is 0.385. The SMILES string of the molecule is CCCNCc1nnc(-c2cc(Cl)ccc2OC)s1. The van der Waals surface area contributed by atoms with Gasteiger partial charge in [0.15, 0.2) is 5.01 Å². The normalized spacial score (nSPS) is 10.7. The predicted octanol–water partition coefficient (Wildman–Crippen LogP) is 3.37. The van der Waals surface area contributed by atoms with E-state index in [-0.39, 0.29) is 0 Å². The number of nitrogens with zero attached hydrogens (tertiary/aromatic N) is 2. The van der Waals surface area contributed by atoms with Gasteiger partial charge in [-0.15, -0.1) is 10.2 Å². The highest BCUT2D eigenvalue weighted by atomic mass is 35.5. The van der Waals surface area contributed by atoms with Gasteiger partial charge >= 0.3 is 0 Å². The first-order valence-corrected chi connectivity index (χ1v) is 7.31. The van der Waals surface area contributed by atoms with E-state index in [2.05, 4.69) is 22.4 Å². The van der Waals surface area contributed by atoms with Gasteiger partial charge in [0.1, 0.15) is 10.8 Å². The van der Waals surface area contributed by atoms with Crippen molar-refractivity contribution in [3.05, 3.63) is 28.2 Å². The molecule has 0 aliphatic carbocycles. The lowest BCUT2D eigenvalue weighted by molar-refractivity contribution is 0.416. The molecule has 19 heavy (non-hydrogen) atoms. The van der Waals surface area contributed by atoms with Crippen molar-refractivity contribution in [3.63, 3.8) is 0 Å². The molecule has 0 aliphatic rings. The van der Waals surface area contributed by atoms with Crippen molar-refractivity contribution in [2.75, 3.05) is 13.7 Å². The van der Waals surface area contributed by atoms with Crippen molar-refractivity contribution in [2.24, 2.45) is 0 Å². The molecule has 0 saturated carbocycles. The van der Waals surface area contributed by atoms with Gasteiger partial charge in [-0.1, -0.05) is 29.9 Å². The zero-order valence-corrected chi connectivity index (χ0v) is 12.5. The Kier molecular flexibility index (Phi) is 5.13. The van der Waals surface area contributed by atoms with Gasteiger partial charge in [-0.2, -0.15) is 0 Å². The van der Waals surface area contributed by atoms with Gasteiger partial charge in [-0.3, -0.25) is 0 Å². The van der Waals surface area contributed by atoms with E-state index in [0.717, 1.165) is 40.8 Å². The van der Waals surface area contributed by atoms with Gasteiger partial charge in [0.05, 0.1) is 12.7 Å². The summed E-state index contributed by atoms with van der Waals surface area (Å²) in [5, 5.41) is 14.1. The quantitative estimate of drug-likeness (QED) is 0.831. The topological polar surface area (TPSA) is 47.0 Å². The molecule has 1 N–H and O–H groups in total. The molecule has 0 radical (unpaired) electrons. The van der Waals surface area contributed by atoms with E-state index < -0.39 is 0 Å². The van der Waals surface area contributed by atoms with Gasteiger partial charge in [0.2, 0.25) is 0 Å². The van der Waals surface area contributed by atoms with Crippen LogP contribution in [0.1, 0.15) is 18.4 Å². The molecule has 0 fully saturated rings. The highest BCUT2D eigenvalue weighted by Crippen LogP contribution is 2.34. The zero-order chi connectivity index (χ0) is 13.7. The monoisotopic (exact) mass is 297 g/mol. The number of ether oxygens (including phenoxy) is 1. The Morgan fingerprint density at radius 3 is 2.95 bits per heavy atom.